The Bertz CT molecular complexity index is 1650. The van der Waals surface area contributed by atoms with E-state index in [1.165, 1.54) is 23.1 Å². The van der Waals surface area contributed by atoms with E-state index < -0.39 is 5.97 Å². The van der Waals surface area contributed by atoms with Crippen molar-refractivity contribution < 1.29 is 19.1 Å². The van der Waals surface area contributed by atoms with Crippen LogP contribution in [0.1, 0.15) is 42.9 Å². The number of Topliss-reactive ketones (excluding diaryl/α,β-unsaturated/α-hetero) is 1. The minimum atomic E-state index is -0.480. The van der Waals surface area contributed by atoms with E-state index in [1.807, 2.05) is 53.1 Å². The predicted molar refractivity (Wildman–Crippen MR) is 156 cm³/mol. The molecule has 37 heavy (non-hydrogen) atoms. The van der Waals surface area contributed by atoms with Gasteiger partial charge in [0.25, 0.3) is 0 Å². The molecule has 0 unspecified atom stereocenters. The van der Waals surface area contributed by atoms with Crippen LogP contribution in [-0.2, 0) is 4.74 Å². The topological polar surface area (TPSA) is 64.9 Å². The molecule has 0 saturated carbocycles. The van der Waals surface area contributed by atoms with Gasteiger partial charge in [0.1, 0.15) is 0 Å². The lowest BCUT2D eigenvalue weighted by Crippen LogP contribution is -2.06. The van der Waals surface area contributed by atoms with Crippen LogP contribution in [0.15, 0.2) is 86.1 Å². The fraction of sp³-hybridized carbons (Fsp3) is 0.107. The fourth-order valence-corrected chi connectivity index (χ4v) is 7.02. The molecular weight excluding hydrogens is 638 g/mol. The SMILES string of the molecule is CCOC(=O)c1c2c(C(=O)c3ccc(Br)cc3)sc(SCC(=O)c3ccc(Br)cc3)c2n2ccccc12. The molecule has 0 saturated heterocycles. The van der Waals surface area contributed by atoms with Gasteiger partial charge < -0.3 is 9.14 Å². The Hall–Kier alpha value is -2.72. The minimum Gasteiger partial charge on any atom is -0.462 e. The summed E-state index contributed by atoms with van der Waals surface area (Å²) in [5, 5.41) is 0.557. The van der Waals surface area contributed by atoms with Crippen LogP contribution in [0.2, 0.25) is 0 Å². The summed E-state index contributed by atoms with van der Waals surface area (Å²) in [5.41, 5.74) is 2.88. The summed E-state index contributed by atoms with van der Waals surface area (Å²) < 4.78 is 9.87. The smallest absolute Gasteiger partial charge is 0.341 e. The second kappa shape index (κ2) is 10.9. The van der Waals surface area contributed by atoms with Gasteiger partial charge >= 0.3 is 5.97 Å². The monoisotopic (exact) mass is 655 g/mol. The van der Waals surface area contributed by atoms with Gasteiger partial charge in [0.15, 0.2) is 5.78 Å². The first-order valence-corrected chi connectivity index (χ1v) is 14.7. The van der Waals surface area contributed by atoms with Crippen LogP contribution in [0, 0.1) is 0 Å². The summed E-state index contributed by atoms with van der Waals surface area (Å²) >= 11 is 9.48. The highest BCUT2D eigenvalue weighted by Crippen LogP contribution is 2.44. The molecule has 5 aromatic rings. The van der Waals surface area contributed by atoms with Gasteiger partial charge in [-0.25, -0.2) is 4.79 Å². The van der Waals surface area contributed by atoms with Crippen molar-refractivity contribution in [2.75, 3.05) is 12.4 Å². The van der Waals surface area contributed by atoms with Gasteiger partial charge in [0.05, 0.1) is 38.0 Å². The first kappa shape index (κ1) is 25.9. The first-order chi connectivity index (χ1) is 17.9. The molecule has 0 spiro atoms. The van der Waals surface area contributed by atoms with Crippen molar-refractivity contribution >= 4 is 88.9 Å². The molecule has 0 bridgehead atoms. The maximum atomic E-state index is 13.7. The molecule has 0 aliphatic rings. The number of rotatable bonds is 8. The zero-order valence-corrected chi connectivity index (χ0v) is 24.3. The minimum absolute atomic E-state index is 0.0219. The lowest BCUT2D eigenvalue weighted by molar-refractivity contribution is 0.0530. The highest BCUT2D eigenvalue weighted by Gasteiger charge is 2.29. The molecule has 0 aliphatic carbocycles. The Morgan fingerprint density at radius 2 is 1.57 bits per heavy atom. The van der Waals surface area contributed by atoms with Crippen molar-refractivity contribution in [3.63, 3.8) is 0 Å². The van der Waals surface area contributed by atoms with Gasteiger partial charge in [-0.05, 0) is 55.5 Å². The molecule has 186 valence electrons. The van der Waals surface area contributed by atoms with E-state index in [-0.39, 0.29) is 23.9 Å². The number of hydrogen-bond acceptors (Lipinski definition) is 6. The van der Waals surface area contributed by atoms with E-state index in [4.69, 9.17) is 4.74 Å². The number of thioether (sulfide) groups is 1. The molecule has 0 fully saturated rings. The number of halogens is 2. The Morgan fingerprint density at radius 1 is 0.919 bits per heavy atom. The molecule has 0 radical (unpaired) electrons. The van der Waals surface area contributed by atoms with Crippen molar-refractivity contribution in [2.24, 2.45) is 0 Å². The summed E-state index contributed by atoms with van der Waals surface area (Å²) in [7, 11) is 0. The standard InChI is InChI=1S/C28H19Br2NO4S2/c1-2-35-27(34)22-20-5-3-4-14-31(20)24-23(22)26(25(33)17-8-12-19(30)13-9-17)37-28(24)36-15-21(32)16-6-10-18(29)11-7-16/h3-14H,2,15H2,1H3. The number of benzene rings is 2. The molecule has 3 heterocycles. The predicted octanol–water partition coefficient (Wildman–Crippen LogP) is 8.06. The fourth-order valence-electron chi connectivity index (χ4n) is 4.07. The van der Waals surface area contributed by atoms with E-state index in [0.717, 1.165) is 18.7 Å². The number of fused-ring (bicyclic) bond motifs is 3. The van der Waals surface area contributed by atoms with Crippen molar-refractivity contribution in [2.45, 2.75) is 11.1 Å². The number of nitrogens with zero attached hydrogens (tertiary/aromatic N) is 1. The number of hydrogen-bond donors (Lipinski definition) is 0. The number of thiophene rings is 1. The third kappa shape index (κ3) is 5.05. The van der Waals surface area contributed by atoms with Crippen LogP contribution in [-0.4, -0.2) is 34.3 Å². The van der Waals surface area contributed by atoms with Crippen LogP contribution in [0.25, 0.3) is 16.4 Å². The molecule has 2 aromatic carbocycles. The molecule has 5 nitrogen and oxygen atoms in total. The molecule has 0 N–H and O–H groups in total. The molecule has 9 heteroatoms. The second-order valence-corrected chi connectivity index (χ2v) is 12.1. The number of carbonyl (C=O) groups excluding carboxylic acids is 3. The average molecular weight is 657 g/mol. The van der Waals surface area contributed by atoms with E-state index in [2.05, 4.69) is 31.9 Å². The van der Waals surface area contributed by atoms with Crippen molar-refractivity contribution in [3.05, 3.63) is 103 Å². The summed E-state index contributed by atoms with van der Waals surface area (Å²) in [6.07, 6.45) is 1.86. The highest BCUT2D eigenvalue weighted by atomic mass is 79.9. The van der Waals surface area contributed by atoms with Crippen LogP contribution >= 0.6 is 55.0 Å². The van der Waals surface area contributed by atoms with E-state index in [0.29, 0.717) is 32.5 Å². The van der Waals surface area contributed by atoms with Crippen LogP contribution in [0.3, 0.4) is 0 Å². The van der Waals surface area contributed by atoms with E-state index >= 15 is 0 Å². The van der Waals surface area contributed by atoms with Crippen LogP contribution in [0.4, 0.5) is 0 Å². The van der Waals surface area contributed by atoms with Gasteiger partial charge in [0.2, 0.25) is 5.78 Å². The Kier molecular flexibility index (Phi) is 7.67. The maximum Gasteiger partial charge on any atom is 0.341 e. The number of esters is 1. The first-order valence-electron chi connectivity index (χ1n) is 11.3. The Labute approximate surface area is 238 Å². The molecule has 0 amide bonds. The Morgan fingerprint density at radius 3 is 2.22 bits per heavy atom. The summed E-state index contributed by atoms with van der Waals surface area (Å²) in [6.45, 7) is 1.97. The number of ether oxygens (including phenoxy) is 1. The molecule has 5 rings (SSSR count). The summed E-state index contributed by atoms with van der Waals surface area (Å²) in [5.74, 6) is -0.495. The molecule has 3 aromatic heterocycles. The normalized spacial score (nSPS) is 11.2. The third-order valence-corrected chi connectivity index (χ3v) is 9.25. The zero-order valence-electron chi connectivity index (χ0n) is 19.5. The van der Waals surface area contributed by atoms with Crippen LogP contribution < -0.4 is 0 Å². The number of aromatic nitrogens is 1. The second-order valence-electron chi connectivity index (χ2n) is 8.05. The lowest BCUT2D eigenvalue weighted by atomic mass is 10.1. The van der Waals surface area contributed by atoms with Gasteiger partial charge in [0, 0.05) is 31.7 Å². The van der Waals surface area contributed by atoms with Crippen molar-refractivity contribution in [1.82, 2.24) is 4.40 Å². The number of carbonyl (C=O) groups is 3. The maximum absolute atomic E-state index is 13.7. The van der Waals surface area contributed by atoms with E-state index in [1.54, 1.807) is 31.2 Å². The molecule has 0 aliphatic heterocycles. The summed E-state index contributed by atoms with van der Waals surface area (Å²) in [6, 6.07) is 19.9. The molecule has 0 atom stereocenters. The van der Waals surface area contributed by atoms with Gasteiger partial charge in [-0.15, -0.1) is 23.1 Å². The van der Waals surface area contributed by atoms with Gasteiger partial charge in [-0.3, -0.25) is 9.59 Å². The quantitative estimate of drug-likeness (QED) is 0.0960. The lowest BCUT2D eigenvalue weighted by Gasteiger charge is -2.04. The van der Waals surface area contributed by atoms with Crippen LogP contribution in [0.5, 0.6) is 0 Å². The largest absolute Gasteiger partial charge is 0.462 e. The molecular formula is C28H19Br2NO4S2. The third-order valence-electron chi connectivity index (χ3n) is 5.75. The van der Waals surface area contributed by atoms with Gasteiger partial charge in [-0.1, -0.05) is 50.1 Å². The van der Waals surface area contributed by atoms with E-state index in [9.17, 15) is 14.4 Å². The highest BCUT2D eigenvalue weighted by molar-refractivity contribution is 9.10. The number of ketones is 2. The van der Waals surface area contributed by atoms with Crippen molar-refractivity contribution in [3.8, 4) is 0 Å². The zero-order chi connectivity index (χ0) is 26.1. The van der Waals surface area contributed by atoms with Crippen molar-refractivity contribution in [1.29, 1.82) is 0 Å². The number of pyridine rings is 1. The Balaban J connectivity index is 1.66. The summed E-state index contributed by atoms with van der Waals surface area (Å²) in [4.78, 5) is 40.3. The average Bonchev–Trinajstić information content (AvgIpc) is 3.43. The van der Waals surface area contributed by atoms with Gasteiger partial charge in [-0.2, -0.15) is 0 Å².